The number of halogens is 3. The van der Waals surface area contributed by atoms with Crippen LogP contribution in [0.5, 0.6) is 0 Å². The highest BCUT2D eigenvalue weighted by Gasteiger charge is 2.43. The van der Waals surface area contributed by atoms with Crippen LogP contribution in [-0.2, 0) is 24.1 Å². The van der Waals surface area contributed by atoms with Gasteiger partial charge in [0, 0.05) is 31.2 Å². The van der Waals surface area contributed by atoms with E-state index in [0.29, 0.717) is 13.0 Å². The standard InChI is InChI=1S/C14H19F3N2O2/c15-14(16,17)13-7-9(5-6-20-13)18-8-11-10-3-1-2-4-12(10)21-19-11/h9,13,18H,1-8H2. The first-order valence-corrected chi connectivity index (χ1v) is 7.42. The van der Waals surface area contributed by atoms with Crippen molar-refractivity contribution in [3.63, 3.8) is 0 Å². The summed E-state index contributed by atoms with van der Waals surface area (Å²) in [4.78, 5) is 0. The van der Waals surface area contributed by atoms with E-state index in [1.54, 1.807) is 0 Å². The molecule has 7 heteroatoms. The van der Waals surface area contributed by atoms with Gasteiger partial charge in [0.1, 0.15) is 11.5 Å². The van der Waals surface area contributed by atoms with Crippen LogP contribution in [0.4, 0.5) is 13.2 Å². The molecule has 1 N–H and O–H groups in total. The summed E-state index contributed by atoms with van der Waals surface area (Å²) < 4.78 is 48.1. The molecule has 2 atom stereocenters. The molecule has 1 aromatic heterocycles. The quantitative estimate of drug-likeness (QED) is 0.933. The zero-order valence-corrected chi connectivity index (χ0v) is 11.7. The Morgan fingerprint density at radius 1 is 1.24 bits per heavy atom. The van der Waals surface area contributed by atoms with Crippen molar-refractivity contribution in [2.45, 2.75) is 63.4 Å². The van der Waals surface area contributed by atoms with Crippen molar-refractivity contribution in [2.75, 3.05) is 6.61 Å². The Balaban J connectivity index is 1.56. The maximum Gasteiger partial charge on any atom is 0.414 e. The molecule has 21 heavy (non-hydrogen) atoms. The highest BCUT2D eigenvalue weighted by Crippen LogP contribution is 2.30. The lowest BCUT2D eigenvalue weighted by atomic mass is 9.96. The Morgan fingerprint density at radius 3 is 2.86 bits per heavy atom. The molecule has 4 nitrogen and oxygen atoms in total. The lowest BCUT2D eigenvalue weighted by molar-refractivity contribution is -0.232. The molecule has 2 aliphatic rings. The largest absolute Gasteiger partial charge is 0.414 e. The van der Waals surface area contributed by atoms with Crippen LogP contribution >= 0.6 is 0 Å². The summed E-state index contributed by atoms with van der Waals surface area (Å²) in [5.41, 5.74) is 1.99. The fraction of sp³-hybridized carbons (Fsp3) is 0.786. The summed E-state index contributed by atoms with van der Waals surface area (Å²) in [6.45, 7) is 0.604. The molecule has 0 spiro atoms. The summed E-state index contributed by atoms with van der Waals surface area (Å²) in [6.07, 6.45) is -1.29. The number of aromatic nitrogens is 1. The molecule has 1 fully saturated rings. The number of ether oxygens (including phenoxy) is 1. The van der Waals surface area contributed by atoms with Crippen LogP contribution in [0.15, 0.2) is 4.52 Å². The maximum absolute atomic E-state index is 12.7. The van der Waals surface area contributed by atoms with Gasteiger partial charge >= 0.3 is 6.18 Å². The zero-order chi connectivity index (χ0) is 14.9. The first-order valence-electron chi connectivity index (χ1n) is 7.42. The van der Waals surface area contributed by atoms with Gasteiger partial charge in [-0.1, -0.05) is 5.16 Å². The molecule has 0 amide bonds. The highest BCUT2D eigenvalue weighted by molar-refractivity contribution is 5.25. The number of rotatable bonds is 3. The van der Waals surface area contributed by atoms with Crippen molar-refractivity contribution in [2.24, 2.45) is 0 Å². The normalized spacial score (nSPS) is 26.6. The van der Waals surface area contributed by atoms with E-state index >= 15 is 0 Å². The molecular weight excluding hydrogens is 285 g/mol. The van der Waals surface area contributed by atoms with E-state index in [1.165, 1.54) is 0 Å². The minimum atomic E-state index is -4.28. The minimum Gasteiger partial charge on any atom is -0.369 e. The SMILES string of the molecule is FC(F)(F)C1CC(NCc2noc3c2CCCC3)CCO1. The molecular formula is C14H19F3N2O2. The number of hydrogen-bond donors (Lipinski definition) is 1. The fourth-order valence-electron chi connectivity index (χ4n) is 3.04. The second-order valence-electron chi connectivity index (χ2n) is 5.74. The number of nitrogens with one attached hydrogen (secondary N) is 1. The number of fused-ring (bicyclic) bond motifs is 1. The van der Waals surface area contributed by atoms with E-state index in [2.05, 4.69) is 10.5 Å². The molecule has 1 aliphatic heterocycles. The number of nitrogens with zero attached hydrogens (tertiary/aromatic N) is 1. The monoisotopic (exact) mass is 304 g/mol. The third-order valence-corrected chi connectivity index (χ3v) is 4.24. The summed E-state index contributed by atoms with van der Waals surface area (Å²) in [7, 11) is 0. The van der Waals surface area contributed by atoms with Crippen LogP contribution in [0, 0.1) is 0 Å². The fourth-order valence-corrected chi connectivity index (χ4v) is 3.04. The summed E-state index contributed by atoms with van der Waals surface area (Å²) >= 11 is 0. The van der Waals surface area contributed by atoms with Gasteiger partial charge < -0.3 is 14.6 Å². The van der Waals surface area contributed by atoms with E-state index in [0.717, 1.165) is 42.7 Å². The summed E-state index contributed by atoms with van der Waals surface area (Å²) in [5.74, 6) is 0.943. The van der Waals surface area contributed by atoms with Crippen molar-refractivity contribution in [1.29, 1.82) is 0 Å². The minimum absolute atomic E-state index is 0.0382. The molecule has 1 aliphatic carbocycles. The van der Waals surface area contributed by atoms with Crippen LogP contribution in [0.25, 0.3) is 0 Å². The molecule has 2 unspecified atom stereocenters. The van der Waals surface area contributed by atoms with Crippen molar-refractivity contribution in [3.05, 3.63) is 17.0 Å². The molecule has 3 rings (SSSR count). The molecule has 0 radical (unpaired) electrons. The van der Waals surface area contributed by atoms with Crippen LogP contribution < -0.4 is 5.32 Å². The average molecular weight is 304 g/mol. The number of hydrogen-bond acceptors (Lipinski definition) is 4. The third kappa shape index (κ3) is 3.40. The Hall–Kier alpha value is -1.08. The Labute approximate surface area is 121 Å². The predicted octanol–water partition coefficient (Wildman–Crippen LogP) is 2.75. The molecule has 0 bridgehead atoms. The lowest BCUT2D eigenvalue weighted by Crippen LogP contribution is -2.44. The Kier molecular flexibility index (Phi) is 4.21. The average Bonchev–Trinajstić information content (AvgIpc) is 2.88. The molecule has 118 valence electrons. The number of aryl methyl sites for hydroxylation is 1. The van der Waals surface area contributed by atoms with E-state index in [1.807, 2.05) is 0 Å². The van der Waals surface area contributed by atoms with Crippen molar-refractivity contribution < 1.29 is 22.4 Å². The van der Waals surface area contributed by atoms with Crippen LogP contribution in [0.2, 0.25) is 0 Å². The topological polar surface area (TPSA) is 47.3 Å². The van der Waals surface area contributed by atoms with Crippen molar-refractivity contribution >= 4 is 0 Å². The number of alkyl halides is 3. The first kappa shape index (κ1) is 14.8. The van der Waals surface area contributed by atoms with Gasteiger partial charge in [0.2, 0.25) is 0 Å². The van der Waals surface area contributed by atoms with Crippen LogP contribution in [0.1, 0.15) is 42.7 Å². The molecule has 1 saturated heterocycles. The van der Waals surface area contributed by atoms with Crippen molar-refractivity contribution in [3.8, 4) is 0 Å². The van der Waals surface area contributed by atoms with E-state index in [-0.39, 0.29) is 19.1 Å². The van der Waals surface area contributed by atoms with Gasteiger partial charge in [-0.25, -0.2) is 0 Å². The van der Waals surface area contributed by atoms with Crippen LogP contribution in [0.3, 0.4) is 0 Å². The van der Waals surface area contributed by atoms with Crippen molar-refractivity contribution in [1.82, 2.24) is 10.5 Å². The lowest BCUT2D eigenvalue weighted by Gasteiger charge is -2.31. The second kappa shape index (κ2) is 5.96. The Bertz CT molecular complexity index is 487. The molecule has 0 saturated carbocycles. The Morgan fingerprint density at radius 2 is 2.05 bits per heavy atom. The summed E-state index contributed by atoms with van der Waals surface area (Å²) in [5, 5.41) is 7.23. The smallest absolute Gasteiger partial charge is 0.369 e. The van der Waals surface area contributed by atoms with Crippen LogP contribution in [-0.4, -0.2) is 30.1 Å². The molecule has 1 aromatic rings. The summed E-state index contributed by atoms with van der Waals surface area (Å²) in [6, 6.07) is -0.193. The third-order valence-electron chi connectivity index (χ3n) is 4.24. The maximum atomic E-state index is 12.7. The predicted molar refractivity (Wildman–Crippen MR) is 68.8 cm³/mol. The molecule has 0 aromatic carbocycles. The highest BCUT2D eigenvalue weighted by atomic mass is 19.4. The van der Waals surface area contributed by atoms with E-state index in [9.17, 15) is 13.2 Å². The first-order chi connectivity index (χ1) is 10.0. The van der Waals surface area contributed by atoms with Gasteiger partial charge in [0.15, 0.2) is 6.10 Å². The van der Waals surface area contributed by atoms with Gasteiger partial charge in [-0.05, 0) is 32.1 Å². The van der Waals surface area contributed by atoms with E-state index in [4.69, 9.17) is 9.26 Å². The van der Waals surface area contributed by atoms with Gasteiger partial charge in [0.05, 0.1) is 0 Å². The zero-order valence-electron chi connectivity index (χ0n) is 11.7. The second-order valence-corrected chi connectivity index (χ2v) is 5.74. The van der Waals surface area contributed by atoms with Gasteiger partial charge in [-0.15, -0.1) is 0 Å². The van der Waals surface area contributed by atoms with Gasteiger partial charge in [-0.2, -0.15) is 13.2 Å². The molecule has 2 heterocycles. The van der Waals surface area contributed by atoms with Gasteiger partial charge in [0.25, 0.3) is 0 Å². The van der Waals surface area contributed by atoms with E-state index < -0.39 is 12.3 Å². The van der Waals surface area contributed by atoms with Gasteiger partial charge in [-0.3, -0.25) is 0 Å².